The van der Waals surface area contributed by atoms with E-state index in [1.54, 1.807) is 18.5 Å². The number of aryl methyl sites for hydroxylation is 1. The van der Waals surface area contributed by atoms with Crippen molar-refractivity contribution in [3.63, 3.8) is 0 Å². The molecule has 20 heavy (non-hydrogen) atoms. The Morgan fingerprint density at radius 2 is 2.20 bits per heavy atom. The second-order valence-electron chi connectivity index (χ2n) is 4.41. The first-order valence-electron chi connectivity index (χ1n) is 6.65. The van der Waals surface area contributed by atoms with Crippen molar-refractivity contribution in [1.29, 1.82) is 0 Å². The molecule has 0 aliphatic heterocycles. The Labute approximate surface area is 118 Å². The van der Waals surface area contributed by atoms with Crippen molar-refractivity contribution >= 4 is 11.6 Å². The van der Waals surface area contributed by atoms with Crippen molar-refractivity contribution in [1.82, 2.24) is 20.1 Å². The molecule has 1 amide bonds. The van der Waals surface area contributed by atoms with Crippen LogP contribution in [0.25, 0.3) is 0 Å². The predicted octanol–water partition coefficient (Wildman–Crippen LogP) is 1.22. The van der Waals surface area contributed by atoms with Gasteiger partial charge in [-0.2, -0.15) is 5.10 Å². The third-order valence-corrected chi connectivity index (χ3v) is 2.96. The summed E-state index contributed by atoms with van der Waals surface area (Å²) in [6, 6.07) is 5.61. The molecule has 2 rings (SSSR count). The molecule has 2 heterocycles. The standard InChI is InChI=1S/C14H19N5O/c1-3-15-14(20)13-10-11(4-7-17-13)16-8-5-12-6-9-18-19(12)2/h4,6-7,9-10H,3,5,8H2,1-2H3,(H,15,20)(H,16,17). The Hall–Kier alpha value is -2.37. The van der Waals surface area contributed by atoms with Crippen LogP contribution in [0.4, 0.5) is 5.69 Å². The van der Waals surface area contributed by atoms with Crippen molar-refractivity contribution in [2.24, 2.45) is 7.05 Å². The van der Waals surface area contributed by atoms with Gasteiger partial charge in [0.2, 0.25) is 0 Å². The lowest BCUT2D eigenvalue weighted by molar-refractivity contribution is 0.0951. The third kappa shape index (κ3) is 3.57. The van der Waals surface area contributed by atoms with Crippen LogP contribution in [0.2, 0.25) is 0 Å². The maximum Gasteiger partial charge on any atom is 0.269 e. The first kappa shape index (κ1) is 14.0. The highest BCUT2D eigenvalue weighted by Gasteiger charge is 2.06. The molecule has 0 unspecified atom stereocenters. The van der Waals surface area contributed by atoms with Gasteiger partial charge in [0.15, 0.2) is 0 Å². The summed E-state index contributed by atoms with van der Waals surface area (Å²) in [4.78, 5) is 15.8. The molecule has 0 saturated heterocycles. The van der Waals surface area contributed by atoms with E-state index in [1.807, 2.05) is 30.8 Å². The lowest BCUT2D eigenvalue weighted by Crippen LogP contribution is -2.23. The van der Waals surface area contributed by atoms with Crippen molar-refractivity contribution in [3.05, 3.63) is 42.0 Å². The maximum atomic E-state index is 11.7. The zero-order valence-corrected chi connectivity index (χ0v) is 11.8. The molecule has 0 aliphatic rings. The van der Waals surface area contributed by atoms with E-state index >= 15 is 0 Å². The maximum absolute atomic E-state index is 11.7. The fraction of sp³-hybridized carbons (Fsp3) is 0.357. The summed E-state index contributed by atoms with van der Waals surface area (Å²) in [5.41, 5.74) is 2.48. The molecule has 0 spiro atoms. The van der Waals surface area contributed by atoms with Crippen molar-refractivity contribution < 1.29 is 4.79 Å². The molecule has 6 heteroatoms. The van der Waals surface area contributed by atoms with Crippen LogP contribution in [-0.4, -0.2) is 33.8 Å². The van der Waals surface area contributed by atoms with Crippen molar-refractivity contribution in [2.75, 3.05) is 18.4 Å². The first-order chi connectivity index (χ1) is 9.70. The lowest BCUT2D eigenvalue weighted by atomic mass is 10.2. The van der Waals surface area contributed by atoms with Crippen molar-refractivity contribution in [2.45, 2.75) is 13.3 Å². The van der Waals surface area contributed by atoms with Crippen LogP contribution in [-0.2, 0) is 13.5 Å². The summed E-state index contributed by atoms with van der Waals surface area (Å²) in [6.07, 6.45) is 4.29. The van der Waals surface area contributed by atoms with E-state index in [2.05, 4.69) is 20.7 Å². The van der Waals surface area contributed by atoms with E-state index in [4.69, 9.17) is 0 Å². The fourth-order valence-corrected chi connectivity index (χ4v) is 1.90. The van der Waals surface area contributed by atoms with Gasteiger partial charge < -0.3 is 10.6 Å². The second-order valence-corrected chi connectivity index (χ2v) is 4.41. The molecule has 6 nitrogen and oxygen atoms in total. The lowest BCUT2D eigenvalue weighted by Gasteiger charge is -2.08. The van der Waals surface area contributed by atoms with Gasteiger partial charge in [0, 0.05) is 50.3 Å². The number of pyridine rings is 1. The molecule has 0 atom stereocenters. The molecule has 0 fully saturated rings. The van der Waals surface area contributed by atoms with Crippen LogP contribution < -0.4 is 10.6 Å². The minimum absolute atomic E-state index is 0.150. The fourth-order valence-electron chi connectivity index (χ4n) is 1.90. The Morgan fingerprint density at radius 3 is 2.90 bits per heavy atom. The molecule has 0 saturated carbocycles. The van der Waals surface area contributed by atoms with Gasteiger partial charge in [0.25, 0.3) is 5.91 Å². The van der Waals surface area contributed by atoms with E-state index < -0.39 is 0 Å². The number of nitrogens with zero attached hydrogens (tertiary/aromatic N) is 3. The summed E-state index contributed by atoms with van der Waals surface area (Å²) < 4.78 is 1.86. The third-order valence-electron chi connectivity index (χ3n) is 2.96. The highest BCUT2D eigenvalue weighted by Crippen LogP contribution is 2.08. The number of nitrogens with one attached hydrogen (secondary N) is 2. The van der Waals surface area contributed by atoms with Gasteiger partial charge >= 0.3 is 0 Å². The van der Waals surface area contributed by atoms with Crippen LogP contribution in [0.5, 0.6) is 0 Å². The predicted molar refractivity (Wildman–Crippen MR) is 77.6 cm³/mol. The molecule has 2 aromatic rings. The normalized spacial score (nSPS) is 10.3. The number of anilines is 1. The van der Waals surface area contributed by atoms with E-state index in [0.717, 1.165) is 24.3 Å². The van der Waals surface area contributed by atoms with Crippen molar-refractivity contribution in [3.8, 4) is 0 Å². The average Bonchev–Trinajstić information content (AvgIpc) is 2.85. The van der Waals surface area contributed by atoms with Crippen LogP contribution >= 0.6 is 0 Å². The second kappa shape index (κ2) is 6.70. The van der Waals surface area contributed by atoms with Crippen LogP contribution in [0, 0.1) is 0 Å². The highest BCUT2D eigenvalue weighted by molar-refractivity contribution is 5.93. The summed E-state index contributed by atoms with van der Waals surface area (Å²) >= 11 is 0. The Balaban J connectivity index is 1.91. The van der Waals surface area contributed by atoms with Gasteiger partial charge in [-0.25, -0.2) is 0 Å². The Morgan fingerprint density at radius 1 is 1.35 bits per heavy atom. The zero-order valence-electron chi connectivity index (χ0n) is 11.8. The van der Waals surface area contributed by atoms with Gasteiger partial charge in [0.1, 0.15) is 5.69 Å². The topological polar surface area (TPSA) is 71.8 Å². The average molecular weight is 273 g/mol. The molecule has 2 N–H and O–H groups in total. The van der Waals surface area contributed by atoms with Crippen LogP contribution in [0.1, 0.15) is 23.1 Å². The first-order valence-corrected chi connectivity index (χ1v) is 6.65. The number of hydrogen-bond acceptors (Lipinski definition) is 4. The highest BCUT2D eigenvalue weighted by atomic mass is 16.1. The zero-order chi connectivity index (χ0) is 14.4. The van der Waals surface area contributed by atoms with E-state index in [0.29, 0.717) is 12.2 Å². The SMILES string of the molecule is CCNC(=O)c1cc(NCCc2ccnn2C)ccn1. The smallest absolute Gasteiger partial charge is 0.269 e. The quantitative estimate of drug-likeness (QED) is 0.830. The molecule has 0 aliphatic carbocycles. The van der Waals surface area contributed by atoms with Gasteiger partial charge in [0.05, 0.1) is 0 Å². The van der Waals surface area contributed by atoms with Gasteiger partial charge in [-0.15, -0.1) is 0 Å². The molecule has 106 valence electrons. The molecule has 0 bridgehead atoms. The number of carbonyl (C=O) groups is 1. The number of aromatic nitrogens is 3. The largest absolute Gasteiger partial charge is 0.385 e. The molecule has 0 aromatic carbocycles. The number of rotatable bonds is 6. The van der Waals surface area contributed by atoms with Gasteiger partial charge in [-0.05, 0) is 25.1 Å². The Kier molecular flexibility index (Phi) is 4.70. The van der Waals surface area contributed by atoms with Crippen LogP contribution in [0.3, 0.4) is 0 Å². The van der Waals surface area contributed by atoms with Crippen LogP contribution in [0.15, 0.2) is 30.6 Å². The number of amides is 1. The number of carbonyl (C=O) groups excluding carboxylic acids is 1. The van der Waals surface area contributed by atoms with Gasteiger partial charge in [-0.1, -0.05) is 0 Å². The summed E-state index contributed by atoms with van der Waals surface area (Å²) in [5.74, 6) is -0.150. The summed E-state index contributed by atoms with van der Waals surface area (Å²) in [5, 5.41) is 10.1. The molecular weight excluding hydrogens is 254 g/mol. The van der Waals surface area contributed by atoms with E-state index in [1.165, 1.54) is 0 Å². The van der Waals surface area contributed by atoms with E-state index in [-0.39, 0.29) is 5.91 Å². The minimum Gasteiger partial charge on any atom is -0.385 e. The monoisotopic (exact) mass is 273 g/mol. The molecule has 0 radical (unpaired) electrons. The summed E-state index contributed by atoms with van der Waals surface area (Å²) in [7, 11) is 1.93. The molecule has 2 aromatic heterocycles. The summed E-state index contributed by atoms with van der Waals surface area (Å²) in [6.45, 7) is 3.25. The van der Waals surface area contributed by atoms with Gasteiger partial charge in [-0.3, -0.25) is 14.5 Å². The number of hydrogen-bond donors (Lipinski definition) is 2. The van der Waals surface area contributed by atoms with E-state index in [9.17, 15) is 4.79 Å². The minimum atomic E-state index is -0.150. The Bertz CT molecular complexity index is 578. The molecular formula is C14H19N5O.